The number of phenols is 1. The van der Waals surface area contributed by atoms with Crippen LogP contribution in [0.1, 0.15) is 0 Å². The van der Waals surface area contributed by atoms with Gasteiger partial charge in [-0.25, -0.2) is 19.3 Å². The molecule has 144 valence electrons. The van der Waals surface area contributed by atoms with E-state index in [1.807, 2.05) is 0 Å². The van der Waals surface area contributed by atoms with Gasteiger partial charge in [-0.1, -0.05) is 27.5 Å². The quantitative estimate of drug-likeness (QED) is 0.630. The summed E-state index contributed by atoms with van der Waals surface area (Å²) in [7, 11) is 0. The van der Waals surface area contributed by atoms with Gasteiger partial charge in [0.15, 0.2) is 17.5 Å². The molecular formula is C18H14BrClFN5O2. The van der Waals surface area contributed by atoms with E-state index in [9.17, 15) is 9.50 Å². The Hall–Kier alpha value is -2.36. The average Bonchev–Trinajstić information content (AvgIpc) is 2.72. The van der Waals surface area contributed by atoms with Crippen LogP contribution in [0.3, 0.4) is 0 Å². The first-order valence-corrected chi connectivity index (χ1v) is 9.56. The number of hydrogen-bond donors (Lipinski definition) is 1. The summed E-state index contributed by atoms with van der Waals surface area (Å²) >= 11 is 9.38. The summed E-state index contributed by atoms with van der Waals surface area (Å²) in [5.74, 6) is -0.178. The number of hydrogen-bond acceptors (Lipinski definition) is 7. The van der Waals surface area contributed by atoms with E-state index in [1.165, 1.54) is 12.4 Å². The zero-order valence-electron chi connectivity index (χ0n) is 14.4. The molecule has 10 heteroatoms. The van der Waals surface area contributed by atoms with E-state index in [4.69, 9.17) is 16.3 Å². The Labute approximate surface area is 173 Å². The third kappa shape index (κ3) is 3.78. The van der Waals surface area contributed by atoms with Gasteiger partial charge in [-0.3, -0.25) is 4.98 Å². The summed E-state index contributed by atoms with van der Waals surface area (Å²) in [6, 6.07) is 3.26. The molecule has 7 nitrogen and oxygen atoms in total. The van der Waals surface area contributed by atoms with Crippen molar-refractivity contribution in [3.05, 3.63) is 46.0 Å². The van der Waals surface area contributed by atoms with Crippen LogP contribution in [0.25, 0.3) is 22.8 Å². The number of halogens is 3. The minimum atomic E-state index is -0.508. The highest BCUT2D eigenvalue weighted by atomic mass is 79.9. The second kappa shape index (κ2) is 7.94. The smallest absolute Gasteiger partial charge is 0.183 e. The fraction of sp³-hybridized carbons (Fsp3) is 0.222. The normalized spacial score (nSPS) is 14.3. The van der Waals surface area contributed by atoms with E-state index in [1.54, 1.807) is 17.0 Å². The summed E-state index contributed by atoms with van der Waals surface area (Å²) in [5, 5.41) is 10.5. The standard InChI is InChI=1S/C18H14BrClFN5O2/c19-10-5-11(16(27)12(20)6-10)14-8-22-9-15(24-14)17-23-7-13(21)18(25-17)26-1-3-28-4-2-26/h5-9,27H,1-4H2. The maximum atomic E-state index is 14.3. The maximum Gasteiger partial charge on any atom is 0.183 e. The van der Waals surface area contributed by atoms with E-state index >= 15 is 0 Å². The number of anilines is 1. The molecule has 3 aromatic rings. The monoisotopic (exact) mass is 465 g/mol. The molecule has 1 aromatic carbocycles. The van der Waals surface area contributed by atoms with Crippen molar-refractivity contribution >= 4 is 33.3 Å². The predicted octanol–water partition coefficient (Wildman–Crippen LogP) is 3.70. The Morgan fingerprint density at radius 1 is 1.11 bits per heavy atom. The predicted molar refractivity (Wildman–Crippen MR) is 106 cm³/mol. The zero-order valence-corrected chi connectivity index (χ0v) is 16.8. The largest absolute Gasteiger partial charge is 0.506 e. The van der Waals surface area contributed by atoms with Crippen LogP contribution in [0.4, 0.5) is 10.2 Å². The number of rotatable bonds is 3. The summed E-state index contributed by atoms with van der Waals surface area (Å²) < 4.78 is 20.2. The molecule has 0 saturated carbocycles. The Balaban J connectivity index is 1.74. The van der Waals surface area contributed by atoms with E-state index < -0.39 is 5.82 Å². The number of morpholine rings is 1. The van der Waals surface area contributed by atoms with Gasteiger partial charge in [0.25, 0.3) is 0 Å². The van der Waals surface area contributed by atoms with Gasteiger partial charge in [0.05, 0.1) is 42.5 Å². The highest BCUT2D eigenvalue weighted by molar-refractivity contribution is 9.10. The van der Waals surface area contributed by atoms with Gasteiger partial charge < -0.3 is 14.7 Å². The van der Waals surface area contributed by atoms with Crippen LogP contribution in [0, 0.1) is 5.82 Å². The Bertz CT molecular complexity index is 1030. The molecule has 0 amide bonds. The van der Waals surface area contributed by atoms with Crippen molar-refractivity contribution in [1.82, 2.24) is 19.9 Å². The number of aromatic hydroxyl groups is 1. The second-order valence-electron chi connectivity index (χ2n) is 6.04. The summed E-state index contributed by atoms with van der Waals surface area (Å²) in [6.07, 6.45) is 4.10. The summed E-state index contributed by atoms with van der Waals surface area (Å²) in [6.45, 7) is 2.11. The van der Waals surface area contributed by atoms with Crippen molar-refractivity contribution in [2.24, 2.45) is 0 Å². The van der Waals surface area contributed by atoms with Crippen molar-refractivity contribution in [1.29, 1.82) is 0 Å². The number of ether oxygens (including phenoxy) is 1. The van der Waals surface area contributed by atoms with Gasteiger partial charge >= 0.3 is 0 Å². The molecule has 0 unspecified atom stereocenters. The molecule has 1 aliphatic rings. The van der Waals surface area contributed by atoms with Gasteiger partial charge in [-0.15, -0.1) is 0 Å². The Morgan fingerprint density at radius 2 is 1.86 bits per heavy atom. The van der Waals surface area contributed by atoms with E-state index in [0.717, 1.165) is 6.20 Å². The van der Waals surface area contributed by atoms with Gasteiger partial charge in [0.2, 0.25) is 0 Å². The SMILES string of the molecule is Oc1c(Cl)cc(Br)cc1-c1cncc(-c2ncc(F)c(N3CCOCC3)n2)n1. The number of nitrogens with zero attached hydrogens (tertiary/aromatic N) is 5. The molecule has 3 heterocycles. The fourth-order valence-corrected chi connectivity index (χ4v) is 3.65. The van der Waals surface area contributed by atoms with Crippen LogP contribution in [0.2, 0.25) is 5.02 Å². The Morgan fingerprint density at radius 3 is 2.64 bits per heavy atom. The topological polar surface area (TPSA) is 84.3 Å². The molecule has 1 fully saturated rings. The lowest BCUT2D eigenvalue weighted by atomic mass is 10.1. The first-order valence-electron chi connectivity index (χ1n) is 8.39. The maximum absolute atomic E-state index is 14.3. The molecule has 4 rings (SSSR count). The molecule has 28 heavy (non-hydrogen) atoms. The van der Waals surface area contributed by atoms with Crippen molar-refractivity contribution in [2.75, 3.05) is 31.2 Å². The van der Waals surface area contributed by atoms with Crippen LogP contribution in [-0.2, 0) is 4.74 Å². The lowest BCUT2D eigenvalue weighted by Gasteiger charge is -2.28. The minimum Gasteiger partial charge on any atom is -0.506 e. The van der Waals surface area contributed by atoms with E-state index in [0.29, 0.717) is 47.7 Å². The summed E-state index contributed by atoms with van der Waals surface area (Å²) in [4.78, 5) is 18.8. The van der Waals surface area contributed by atoms with Crippen LogP contribution >= 0.6 is 27.5 Å². The molecular weight excluding hydrogens is 453 g/mol. The van der Waals surface area contributed by atoms with E-state index in [2.05, 4.69) is 35.9 Å². The van der Waals surface area contributed by atoms with Crippen molar-refractivity contribution < 1.29 is 14.2 Å². The summed E-state index contributed by atoms with van der Waals surface area (Å²) in [5.41, 5.74) is 1.14. The molecule has 0 radical (unpaired) electrons. The molecule has 1 aliphatic heterocycles. The third-order valence-electron chi connectivity index (χ3n) is 4.20. The first kappa shape index (κ1) is 19.0. The zero-order chi connectivity index (χ0) is 19.7. The molecule has 2 aromatic heterocycles. The fourth-order valence-electron chi connectivity index (χ4n) is 2.84. The van der Waals surface area contributed by atoms with Gasteiger partial charge in [0.1, 0.15) is 11.4 Å². The van der Waals surface area contributed by atoms with E-state index in [-0.39, 0.29) is 22.4 Å². The second-order valence-corrected chi connectivity index (χ2v) is 7.36. The highest BCUT2D eigenvalue weighted by Crippen LogP contribution is 2.37. The molecule has 1 N–H and O–H groups in total. The molecule has 0 spiro atoms. The average molecular weight is 467 g/mol. The molecule has 0 atom stereocenters. The van der Waals surface area contributed by atoms with Crippen molar-refractivity contribution in [2.45, 2.75) is 0 Å². The van der Waals surface area contributed by atoms with Crippen LogP contribution < -0.4 is 4.90 Å². The minimum absolute atomic E-state index is 0.106. The van der Waals surface area contributed by atoms with Crippen LogP contribution in [0.5, 0.6) is 5.75 Å². The highest BCUT2D eigenvalue weighted by Gasteiger charge is 2.19. The Kier molecular flexibility index (Phi) is 5.38. The third-order valence-corrected chi connectivity index (χ3v) is 4.95. The first-order chi connectivity index (χ1) is 13.5. The van der Waals surface area contributed by atoms with Gasteiger partial charge in [-0.05, 0) is 12.1 Å². The molecule has 0 aliphatic carbocycles. The lowest BCUT2D eigenvalue weighted by Crippen LogP contribution is -2.37. The molecule has 0 bridgehead atoms. The lowest BCUT2D eigenvalue weighted by molar-refractivity contribution is 0.122. The number of aromatic nitrogens is 4. The molecule has 1 saturated heterocycles. The van der Waals surface area contributed by atoms with Gasteiger partial charge in [-0.2, -0.15) is 0 Å². The van der Waals surface area contributed by atoms with Crippen molar-refractivity contribution in [3.63, 3.8) is 0 Å². The van der Waals surface area contributed by atoms with Crippen molar-refractivity contribution in [3.8, 4) is 28.5 Å². The van der Waals surface area contributed by atoms with Crippen LogP contribution in [0.15, 0.2) is 35.2 Å². The van der Waals surface area contributed by atoms with Gasteiger partial charge in [0, 0.05) is 23.1 Å². The number of phenolic OH excluding ortho intramolecular Hbond substituents is 1. The van der Waals surface area contributed by atoms with Crippen LogP contribution in [-0.4, -0.2) is 51.3 Å². The number of benzene rings is 1.